The van der Waals surface area contributed by atoms with E-state index in [9.17, 15) is 9.59 Å². The first-order chi connectivity index (χ1) is 8.25. The van der Waals surface area contributed by atoms with Gasteiger partial charge in [-0.15, -0.1) is 0 Å². The Balaban J connectivity index is 2.71. The van der Waals surface area contributed by atoms with Crippen molar-refractivity contribution < 1.29 is 19.4 Å². The fourth-order valence-corrected chi connectivity index (χ4v) is 1.96. The van der Waals surface area contributed by atoms with Gasteiger partial charge < -0.3 is 20.1 Å². The van der Waals surface area contributed by atoms with Crippen LogP contribution in [0.2, 0.25) is 0 Å². The Morgan fingerprint density at radius 1 is 1.39 bits per heavy atom. The fraction of sp³-hybridized carbons (Fsp3) is 0.833. The van der Waals surface area contributed by atoms with Crippen molar-refractivity contribution in [1.82, 2.24) is 10.2 Å². The van der Waals surface area contributed by atoms with Gasteiger partial charge in [-0.2, -0.15) is 0 Å². The fourth-order valence-electron chi connectivity index (χ4n) is 1.96. The molecule has 1 aliphatic rings. The number of ether oxygens (including phenoxy) is 1. The maximum Gasteiger partial charge on any atom is 0.326 e. The number of carboxylic acid groups (broad SMARTS) is 1. The van der Waals surface area contributed by atoms with E-state index < -0.39 is 17.6 Å². The molecule has 1 fully saturated rings. The van der Waals surface area contributed by atoms with Gasteiger partial charge in [0, 0.05) is 6.54 Å². The average Bonchev–Trinajstić information content (AvgIpc) is 2.23. The van der Waals surface area contributed by atoms with E-state index in [-0.39, 0.29) is 11.9 Å². The Labute approximate surface area is 107 Å². The third-order valence-electron chi connectivity index (χ3n) is 3.10. The Kier molecular flexibility index (Phi) is 4.56. The molecule has 0 radical (unpaired) electrons. The van der Waals surface area contributed by atoms with Gasteiger partial charge in [-0.05, 0) is 19.8 Å². The van der Waals surface area contributed by atoms with Crippen LogP contribution in [0.4, 0.5) is 4.79 Å². The number of hydrogen-bond donors (Lipinski definition) is 2. The lowest BCUT2D eigenvalue weighted by Gasteiger charge is -2.42. The van der Waals surface area contributed by atoms with Crippen molar-refractivity contribution in [2.75, 3.05) is 19.8 Å². The number of rotatable bonds is 3. The standard InChI is InChI=1S/C12H22N2O4/c1-8(2)9(10(15)16)13-11(17)14-5-6-18-7-12(14,3)4/h8-9H,5-7H2,1-4H3,(H,13,17)(H,15,16)/t9-/m0/s1. The monoisotopic (exact) mass is 258 g/mol. The zero-order valence-corrected chi connectivity index (χ0v) is 11.4. The Hall–Kier alpha value is -1.30. The number of aliphatic carboxylic acids is 1. The summed E-state index contributed by atoms with van der Waals surface area (Å²) in [6.07, 6.45) is 0. The van der Waals surface area contributed by atoms with E-state index >= 15 is 0 Å². The molecule has 1 saturated heterocycles. The molecule has 0 spiro atoms. The van der Waals surface area contributed by atoms with Crippen LogP contribution in [0.1, 0.15) is 27.7 Å². The molecule has 2 N–H and O–H groups in total. The summed E-state index contributed by atoms with van der Waals surface area (Å²) in [7, 11) is 0. The maximum absolute atomic E-state index is 12.1. The van der Waals surface area contributed by atoms with Crippen molar-refractivity contribution in [3.63, 3.8) is 0 Å². The Bertz CT molecular complexity index is 328. The second-order valence-corrected chi connectivity index (χ2v) is 5.53. The maximum atomic E-state index is 12.1. The number of carbonyl (C=O) groups is 2. The molecule has 6 heteroatoms. The lowest BCUT2D eigenvalue weighted by molar-refractivity contribution is -0.140. The van der Waals surface area contributed by atoms with E-state index in [0.29, 0.717) is 19.8 Å². The molecule has 0 bridgehead atoms. The zero-order chi connectivity index (χ0) is 13.9. The van der Waals surface area contributed by atoms with Crippen LogP contribution in [0.25, 0.3) is 0 Å². The van der Waals surface area contributed by atoms with Crippen molar-refractivity contribution in [3.8, 4) is 0 Å². The molecular formula is C12H22N2O4. The predicted molar refractivity (Wildman–Crippen MR) is 66.4 cm³/mol. The van der Waals surface area contributed by atoms with Gasteiger partial charge >= 0.3 is 12.0 Å². The van der Waals surface area contributed by atoms with Crippen LogP contribution < -0.4 is 5.32 Å². The highest BCUT2D eigenvalue weighted by atomic mass is 16.5. The average molecular weight is 258 g/mol. The van der Waals surface area contributed by atoms with Crippen LogP contribution >= 0.6 is 0 Å². The van der Waals surface area contributed by atoms with Crippen molar-refractivity contribution in [2.45, 2.75) is 39.3 Å². The van der Waals surface area contributed by atoms with Crippen LogP contribution in [0.5, 0.6) is 0 Å². The highest BCUT2D eigenvalue weighted by Gasteiger charge is 2.36. The van der Waals surface area contributed by atoms with Crippen molar-refractivity contribution >= 4 is 12.0 Å². The molecule has 0 aliphatic carbocycles. The molecule has 0 aromatic rings. The van der Waals surface area contributed by atoms with Crippen LogP contribution in [-0.2, 0) is 9.53 Å². The van der Waals surface area contributed by atoms with Crippen LogP contribution in [-0.4, -0.2) is 53.3 Å². The Morgan fingerprint density at radius 3 is 2.44 bits per heavy atom. The molecule has 1 atom stereocenters. The van der Waals surface area contributed by atoms with Crippen molar-refractivity contribution in [1.29, 1.82) is 0 Å². The van der Waals surface area contributed by atoms with E-state index in [2.05, 4.69) is 5.32 Å². The summed E-state index contributed by atoms with van der Waals surface area (Å²) in [6, 6.07) is -1.21. The highest BCUT2D eigenvalue weighted by Crippen LogP contribution is 2.19. The molecule has 0 aromatic heterocycles. The number of nitrogens with zero attached hydrogens (tertiary/aromatic N) is 1. The molecule has 1 heterocycles. The second kappa shape index (κ2) is 5.56. The van der Waals surface area contributed by atoms with E-state index in [1.165, 1.54) is 0 Å². The molecule has 104 valence electrons. The summed E-state index contributed by atoms with van der Waals surface area (Å²) in [5.74, 6) is -1.17. The van der Waals surface area contributed by atoms with Gasteiger partial charge in [0.25, 0.3) is 0 Å². The summed E-state index contributed by atoms with van der Waals surface area (Å²) < 4.78 is 5.33. The number of nitrogens with one attached hydrogen (secondary N) is 1. The lowest BCUT2D eigenvalue weighted by Crippen LogP contribution is -2.60. The third kappa shape index (κ3) is 3.35. The van der Waals surface area contributed by atoms with Crippen LogP contribution in [0, 0.1) is 5.92 Å². The molecule has 18 heavy (non-hydrogen) atoms. The largest absolute Gasteiger partial charge is 0.480 e. The van der Waals surface area contributed by atoms with Crippen molar-refractivity contribution in [2.24, 2.45) is 5.92 Å². The first kappa shape index (κ1) is 14.8. The quantitative estimate of drug-likeness (QED) is 0.789. The summed E-state index contributed by atoms with van der Waals surface area (Å²) >= 11 is 0. The first-order valence-electron chi connectivity index (χ1n) is 6.14. The molecule has 1 aliphatic heterocycles. The number of amides is 2. The molecule has 1 rings (SSSR count). The number of urea groups is 1. The molecule has 0 unspecified atom stereocenters. The molecule has 6 nitrogen and oxygen atoms in total. The molecule has 0 aromatic carbocycles. The van der Waals surface area contributed by atoms with Crippen LogP contribution in [0.15, 0.2) is 0 Å². The number of morpholine rings is 1. The minimum Gasteiger partial charge on any atom is -0.480 e. The van der Waals surface area contributed by atoms with Gasteiger partial charge in [-0.3, -0.25) is 0 Å². The summed E-state index contributed by atoms with van der Waals surface area (Å²) in [4.78, 5) is 24.8. The number of carboxylic acids is 1. The van der Waals surface area contributed by atoms with Gasteiger partial charge in [0.15, 0.2) is 0 Å². The summed E-state index contributed by atoms with van der Waals surface area (Å²) in [5, 5.41) is 11.6. The third-order valence-corrected chi connectivity index (χ3v) is 3.10. The van der Waals surface area contributed by atoms with E-state index in [4.69, 9.17) is 9.84 Å². The van der Waals surface area contributed by atoms with Gasteiger partial charge in [0.1, 0.15) is 6.04 Å². The highest BCUT2D eigenvalue weighted by molar-refractivity contribution is 5.83. The SMILES string of the molecule is CC(C)[C@H](NC(=O)N1CCOCC1(C)C)C(=O)O. The van der Waals surface area contributed by atoms with Gasteiger partial charge in [-0.25, -0.2) is 9.59 Å². The van der Waals surface area contributed by atoms with Gasteiger partial charge in [0.2, 0.25) is 0 Å². The van der Waals surface area contributed by atoms with Gasteiger partial charge in [0.05, 0.1) is 18.8 Å². The topological polar surface area (TPSA) is 78.9 Å². The minimum absolute atomic E-state index is 0.157. The van der Waals surface area contributed by atoms with E-state index in [1.54, 1.807) is 18.7 Å². The summed E-state index contributed by atoms with van der Waals surface area (Å²) in [6.45, 7) is 8.75. The molecule has 0 saturated carbocycles. The minimum atomic E-state index is -1.01. The van der Waals surface area contributed by atoms with E-state index in [0.717, 1.165) is 0 Å². The summed E-state index contributed by atoms with van der Waals surface area (Å²) in [5.41, 5.74) is -0.414. The normalized spacial score (nSPS) is 20.6. The van der Waals surface area contributed by atoms with Crippen LogP contribution in [0.3, 0.4) is 0 Å². The first-order valence-corrected chi connectivity index (χ1v) is 6.14. The van der Waals surface area contributed by atoms with E-state index in [1.807, 2.05) is 13.8 Å². The van der Waals surface area contributed by atoms with Crippen molar-refractivity contribution in [3.05, 3.63) is 0 Å². The zero-order valence-electron chi connectivity index (χ0n) is 11.4. The predicted octanol–water partition coefficient (Wildman–Crippen LogP) is 0.916. The van der Waals surface area contributed by atoms with Gasteiger partial charge in [-0.1, -0.05) is 13.8 Å². The lowest BCUT2D eigenvalue weighted by atomic mass is 10.0. The molecular weight excluding hydrogens is 236 g/mol. The Morgan fingerprint density at radius 2 is 2.00 bits per heavy atom. The second-order valence-electron chi connectivity index (χ2n) is 5.53. The number of carbonyl (C=O) groups excluding carboxylic acids is 1. The smallest absolute Gasteiger partial charge is 0.326 e. The molecule has 2 amide bonds. The number of hydrogen-bond acceptors (Lipinski definition) is 3.